The predicted molar refractivity (Wildman–Crippen MR) is 118 cm³/mol. The Morgan fingerprint density at radius 1 is 0.679 bits per heavy atom. The van der Waals surface area contributed by atoms with Crippen molar-refractivity contribution in [1.82, 2.24) is 9.38 Å². The lowest BCUT2D eigenvalue weighted by atomic mass is 10.1. The van der Waals surface area contributed by atoms with Crippen molar-refractivity contribution in [2.45, 2.75) is 0 Å². The van der Waals surface area contributed by atoms with Gasteiger partial charge >= 0.3 is 0 Å². The van der Waals surface area contributed by atoms with Crippen molar-refractivity contribution in [2.24, 2.45) is 0 Å². The van der Waals surface area contributed by atoms with Gasteiger partial charge in [-0.05, 0) is 23.6 Å². The lowest BCUT2D eigenvalue weighted by molar-refractivity contribution is 1.13. The summed E-state index contributed by atoms with van der Waals surface area (Å²) in [5.41, 5.74) is 6.71. The van der Waals surface area contributed by atoms with Crippen LogP contribution >= 0.6 is 0 Å². The van der Waals surface area contributed by atoms with Crippen molar-refractivity contribution >= 4 is 22.1 Å². The molecule has 5 aromatic rings. The van der Waals surface area contributed by atoms with Gasteiger partial charge in [0.05, 0.1) is 16.7 Å². The van der Waals surface area contributed by atoms with Crippen LogP contribution in [0.15, 0.2) is 91.0 Å². The molecule has 136 valence electrons. The number of imidazole rings is 1. The van der Waals surface area contributed by atoms with Gasteiger partial charge in [-0.15, -0.1) is 0 Å². The summed E-state index contributed by atoms with van der Waals surface area (Å²) < 4.78 is 2.28. The van der Waals surface area contributed by atoms with E-state index in [0.29, 0.717) is 0 Å². The van der Waals surface area contributed by atoms with E-state index in [0.717, 1.165) is 33.8 Å². The number of anilines is 1. The summed E-state index contributed by atoms with van der Waals surface area (Å²) in [6.45, 7) is 0. The van der Waals surface area contributed by atoms with Crippen molar-refractivity contribution < 1.29 is 0 Å². The number of aromatic nitrogens is 2. The number of para-hydroxylation sites is 2. The lowest BCUT2D eigenvalue weighted by Gasteiger charge is -2.16. The topological polar surface area (TPSA) is 20.5 Å². The summed E-state index contributed by atoms with van der Waals surface area (Å²) in [5, 5.41) is 1.21. The van der Waals surface area contributed by atoms with Gasteiger partial charge in [-0.3, -0.25) is 4.40 Å². The first-order valence-electron chi connectivity index (χ1n) is 9.46. The second-order valence-corrected chi connectivity index (χ2v) is 7.17. The molecule has 0 amide bonds. The van der Waals surface area contributed by atoms with Crippen LogP contribution in [0.25, 0.3) is 39.1 Å². The number of hydrogen-bond acceptors (Lipinski definition) is 2. The van der Waals surface area contributed by atoms with Crippen molar-refractivity contribution in [2.75, 3.05) is 19.0 Å². The minimum atomic E-state index is 0.968. The molecule has 0 N–H and O–H groups in total. The van der Waals surface area contributed by atoms with E-state index in [4.69, 9.17) is 4.98 Å². The number of pyridine rings is 1. The maximum atomic E-state index is 5.16. The Hall–Kier alpha value is -3.59. The first-order chi connectivity index (χ1) is 13.7. The highest BCUT2D eigenvalue weighted by Crippen LogP contribution is 2.36. The Bertz CT molecular complexity index is 1280. The molecule has 28 heavy (non-hydrogen) atoms. The molecule has 0 atom stereocenters. The van der Waals surface area contributed by atoms with E-state index >= 15 is 0 Å². The molecule has 0 aliphatic rings. The van der Waals surface area contributed by atoms with Gasteiger partial charge in [0, 0.05) is 30.9 Å². The summed E-state index contributed by atoms with van der Waals surface area (Å²) in [6.07, 6.45) is 0. The monoisotopic (exact) mass is 363 g/mol. The molecule has 0 bridgehead atoms. The molecule has 2 heterocycles. The highest BCUT2D eigenvalue weighted by atomic mass is 15.1. The van der Waals surface area contributed by atoms with Crippen molar-refractivity contribution in [3.05, 3.63) is 91.0 Å². The zero-order valence-electron chi connectivity index (χ0n) is 16.0. The molecular weight excluding hydrogens is 342 g/mol. The molecule has 2 aromatic heterocycles. The summed E-state index contributed by atoms with van der Waals surface area (Å²) >= 11 is 0. The second-order valence-electron chi connectivity index (χ2n) is 7.17. The van der Waals surface area contributed by atoms with E-state index in [-0.39, 0.29) is 0 Å². The van der Waals surface area contributed by atoms with Crippen LogP contribution in [-0.4, -0.2) is 23.5 Å². The maximum Gasteiger partial charge on any atom is 0.145 e. The van der Waals surface area contributed by atoms with E-state index in [9.17, 15) is 0 Å². The minimum Gasteiger partial charge on any atom is -0.377 e. The van der Waals surface area contributed by atoms with Crippen molar-refractivity contribution in [3.8, 4) is 22.6 Å². The molecular formula is C25H21N3. The molecule has 5 rings (SSSR count). The molecule has 3 nitrogen and oxygen atoms in total. The van der Waals surface area contributed by atoms with E-state index in [2.05, 4.69) is 108 Å². The van der Waals surface area contributed by atoms with E-state index in [1.165, 1.54) is 10.9 Å². The van der Waals surface area contributed by atoms with Gasteiger partial charge in [0.2, 0.25) is 0 Å². The first kappa shape index (κ1) is 16.6. The van der Waals surface area contributed by atoms with E-state index in [1.54, 1.807) is 0 Å². The Kier molecular flexibility index (Phi) is 3.87. The SMILES string of the molecule is CN(C)c1ccccc1-c1nc(-c2ccccc2)n2c1ccc1ccccc12. The largest absolute Gasteiger partial charge is 0.377 e. The van der Waals surface area contributed by atoms with Crippen LogP contribution in [0, 0.1) is 0 Å². The summed E-state index contributed by atoms with van der Waals surface area (Å²) in [5.74, 6) is 0.968. The van der Waals surface area contributed by atoms with Crippen molar-refractivity contribution in [1.29, 1.82) is 0 Å². The quantitative estimate of drug-likeness (QED) is 0.398. The number of fused-ring (bicyclic) bond motifs is 3. The number of benzene rings is 3. The molecule has 0 saturated carbocycles. The van der Waals surface area contributed by atoms with Crippen LogP contribution in [0.1, 0.15) is 0 Å². The molecule has 0 saturated heterocycles. The van der Waals surface area contributed by atoms with Gasteiger partial charge in [-0.1, -0.05) is 72.8 Å². The zero-order valence-corrected chi connectivity index (χ0v) is 16.0. The van der Waals surface area contributed by atoms with Gasteiger partial charge in [0.25, 0.3) is 0 Å². The third-order valence-electron chi connectivity index (χ3n) is 5.18. The second kappa shape index (κ2) is 6.54. The Morgan fingerprint density at radius 3 is 2.21 bits per heavy atom. The highest BCUT2D eigenvalue weighted by molar-refractivity contribution is 5.93. The Morgan fingerprint density at radius 2 is 1.39 bits per heavy atom. The van der Waals surface area contributed by atoms with Crippen molar-refractivity contribution in [3.63, 3.8) is 0 Å². The molecule has 0 aliphatic carbocycles. The van der Waals surface area contributed by atoms with Crippen LogP contribution in [0.3, 0.4) is 0 Å². The van der Waals surface area contributed by atoms with Gasteiger partial charge in [-0.2, -0.15) is 0 Å². The third-order valence-corrected chi connectivity index (χ3v) is 5.18. The molecule has 0 fully saturated rings. The van der Waals surface area contributed by atoms with Crippen LogP contribution in [0.4, 0.5) is 5.69 Å². The standard InChI is InChI=1S/C25H21N3/c1-27(2)22-15-9-7-13-20(22)24-23-17-16-18-10-6-8-14-21(18)28(23)25(26-24)19-11-4-3-5-12-19/h3-17H,1-2H3. The Labute approximate surface area is 164 Å². The average Bonchev–Trinajstić information content (AvgIpc) is 3.14. The summed E-state index contributed by atoms with van der Waals surface area (Å²) in [7, 11) is 4.15. The Balaban J connectivity index is 1.92. The molecule has 3 heteroatoms. The van der Waals surface area contributed by atoms with Crippen LogP contribution in [-0.2, 0) is 0 Å². The third kappa shape index (κ3) is 2.55. The molecule has 0 unspecified atom stereocenters. The van der Waals surface area contributed by atoms with Gasteiger partial charge in [-0.25, -0.2) is 4.98 Å². The predicted octanol–water partition coefficient (Wildman–Crippen LogP) is 5.89. The van der Waals surface area contributed by atoms with E-state index < -0.39 is 0 Å². The van der Waals surface area contributed by atoms with Gasteiger partial charge in [0.15, 0.2) is 0 Å². The fourth-order valence-corrected chi connectivity index (χ4v) is 3.87. The highest BCUT2D eigenvalue weighted by Gasteiger charge is 2.18. The fraction of sp³-hybridized carbons (Fsp3) is 0.0800. The zero-order chi connectivity index (χ0) is 19.1. The molecule has 0 spiro atoms. The lowest BCUT2D eigenvalue weighted by Crippen LogP contribution is -2.09. The fourth-order valence-electron chi connectivity index (χ4n) is 3.87. The first-order valence-corrected chi connectivity index (χ1v) is 9.46. The normalized spacial score (nSPS) is 11.2. The molecule has 3 aromatic carbocycles. The molecule has 0 radical (unpaired) electrons. The summed E-state index contributed by atoms with van der Waals surface area (Å²) in [4.78, 5) is 7.30. The number of hydrogen-bond donors (Lipinski definition) is 0. The molecule has 0 aliphatic heterocycles. The van der Waals surface area contributed by atoms with E-state index in [1.807, 2.05) is 6.07 Å². The average molecular weight is 363 g/mol. The summed E-state index contributed by atoms with van der Waals surface area (Å²) in [6, 6.07) is 31.7. The maximum absolute atomic E-state index is 5.16. The minimum absolute atomic E-state index is 0.968. The van der Waals surface area contributed by atoms with Gasteiger partial charge in [0.1, 0.15) is 5.82 Å². The van der Waals surface area contributed by atoms with Crippen LogP contribution < -0.4 is 4.90 Å². The van der Waals surface area contributed by atoms with Gasteiger partial charge < -0.3 is 4.90 Å². The van der Waals surface area contributed by atoms with Crippen LogP contribution in [0.5, 0.6) is 0 Å². The number of nitrogens with zero attached hydrogens (tertiary/aromatic N) is 3. The number of rotatable bonds is 3. The smallest absolute Gasteiger partial charge is 0.145 e. The van der Waals surface area contributed by atoms with Crippen LogP contribution in [0.2, 0.25) is 0 Å².